The number of halogens is 1. The number of rotatable bonds is 4. The smallest absolute Gasteiger partial charge is 0.101 e. The van der Waals surface area contributed by atoms with Crippen LogP contribution in [-0.4, -0.2) is 38.6 Å². The van der Waals surface area contributed by atoms with Gasteiger partial charge in [-0.15, -0.1) is 0 Å². The molecule has 102 valence electrons. The highest BCUT2D eigenvalue weighted by molar-refractivity contribution is 9.08. The molecule has 1 aliphatic rings. The molecule has 1 aromatic rings. The summed E-state index contributed by atoms with van der Waals surface area (Å²) in [6, 6.07) is 8.43. The lowest BCUT2D eigenvalue weighted by atomic mass is 10.1. The van der Waals surface area contributed by atoms with Crippen LogP contribution in [0.15, 0.2) is 18.2 Å². The molecule has 0 amide bonds. The van der Waals surface area contributed by atoms with E-state index in [2.05, 4.69) is 58.0 Å². The van der Waals surface area contributed by atoms with E-state index in [4.69, 9.17) is 0 Å². The number of likely N-dealkylation sites (tertiary alicyclic amines) is 1. The first-order chi connectivity index (χ1) is 9.13. The molecule has 1 heterocycles. The standard InChI is InChI=1S/C15H20BrN3/c1-18-6-5-13(10-18)11-19(2)15-4-3-12(8-16)7-14(15)9-17/h3-4,7,13H,5-6,8,10-11H2,1-2H3. The zero-order valence-corrected chi connectivity index (χ0v) is 13.2. The Morgan fingerprint density at radius 2 is 2.32 bits per heavy atom. The van der Waals surface area contributed by atoms with Gasteiger partial charge in [0.1, 0.15) is 6.07 Å². The topological polar surface area (TPSA) is 30.3 Å². The molecular formula is C15H20BrN3. The summed E-state index contributed by atoms with van der Waals surface area (Å²) in [5.74, 6) is 0.706. The van der Waals surface area contributed by atoms with E-state index < -0.39 is 0 Å². The minimum Gasteiger partial charge on any atom is -0.373 e. The van der Waals surface area contributed by atoms with Gasteiger partial charge in [-0.25, -0.2) is 0 Å². The fourth-order valence-corrected chi connectivity index (χ4v) is 3.10. The number of alkyl halides is 1. The highest BCUT2D eigenvalue weighted by Gasteiger charge is 2.21. The predicted octanol–water partition coefficient (Wildman–Crippen LogP) is 2.84. The highest BCUT2D eigenvalue weighted by Crippen LogP contribution is 2.24. The largest absolute Gasteiger partial charge is 0.373 e. The summed E-state index contributed by atoms with van der Waals surface area (Å²) in [4.78, 5) is 4.60. The molecule has 0 radical (unpaired) electrons. The van der Waals surface area contributed by atoms with Crippen molar-refractivity contribution in [3.63, 3.8) is 0 Å². The molecule has 19 heavy (non-hydrogen) atoms. The first kappa shape index (κ1) is 14.4. The molecule has 1 fully saturated rings. The zero-order valence-electron chi connectivity index (χ0n) is 11.6. The maximum Gasteiger partial charge on any atom is 0.101 e. The van der Waals surface area contributed by atoms with Crippen molar-refractivity contribution in [2.24, 2.45) is 5.92 Å². The van der Waals surface area contributed by atoms with Crippen molar-refractivity contribution in [2.45, 2.75) is 11.8 Å². The molecule has 0 saturated carbocycles. The maximum atomic E-state index is 9.29. The summed E-state index contributed by atoms with van der Waals surface area (Å²) in [7, 11) is 4.26. The number of nitrogens with zero attached hydrogens (tertiary/aromatic N) is 3. The van der Waals surface area contributed by atoms with Gasteiger partial charge < -0.3 is 9.80 Å². The molecule has 1 unspecified atom stereocenters. The average molecular weight is 322 g/mol. The number of anilines is 1. The molecule has 1 atom stereocenters. The molecular weight excluding hydrogens is 302 g/mol. The van der Waals surface area contributed by atoms with Gasteiger partial charge in [0.15, 0.2) is 0 Å². The lowest BCUT2D eigenvalue weighted by Crippen LogP contribution is -2.27. The summed E-state index contributed by atoms with van der Waals surface area (Å²) in [6.07, 6.45) is 1.25. The van der Waals surface area contributed by atoms with Crippen molar-refractivity contribution in [2.75, 3.05) is 38.6 Å². The van der Waals surface area contributed by atoms with Gasteiger partial charge in [-0.1, -0.05) is 22.0 Å². The van der Waals surface area contributed by atoms with Crippen LogP contribution in [-0.2, 0) is 5.33 Å². The van der Waals surface area contributed by atoms with E-state index in [0.29, 0.717) is 5.92 Å². The molecule has 1 aliphatic heterocycles. The molecule has 0 spiro atoms. The van der Waals surface area contributed by atoms with Gasteiger partial charge in [0.05, 0.1) is 11.3 Å². The second-order valence-electron chi connectivity index (χ2n) is 5.39. The van der Waals surface area contributed by atoms with Crippen molar-refractivity contribution in [3.05, 3.63) is 29.3 Å². The molecule has 1 saturated heterocycles. The molecule has 3 nitrogen and oxygen atoms in total. The van der Waals surface area contributed by atoms with Crippen LogP contribution in [0.1, 0.15) is 17.5 Å². The van der Waals surface area contributed by atoms with Crippen LogP contribution >= 0.6 is 15.9 Å². The Morgan fingerprint density at radius 1 is 1.53 bits per heavy atom. The lowest BCUT2D eigenvalue weighted by molar-refractivity contribution is 0.396. The SMILES string of the molecule is CN1CCC(CN(C)c2ccc(CBr)cc2C#N)C1. The fraction of sp³-hybridized carbons (Fsp3) is 0.533. The monoisotopic (exact) mass is 321 g/mol. The van der Waals surface area contributed by atoms with Crippen LogP contribution in [0.2, 0.25) is 0 Å². The van der Waals surface area contributed by atoms with Gasteiger partial charge >= 0.3 is 0 Å². The Kier molecular flexibility index (Phi) is 4.84. The molecule has 0 aromatic heterocycles. The van der Waals surface area contributed by atoms with Crippen LogP contribution in [0.3, 0.4) is 0 Å². The number of hydrogen-bond acceptors (Lipinski definition) is 3. The summed E-state index contributed by atoms with van der Waals surface area (Å²) in [5, 5.41) is 10.1. The summed E-state index contributed by atoms with van der Waals surface area (Å²) < 4.78 is 0. The average Bonchev–Trinajstić information content (AvgIpc) is 2.83. The van der Waals surface area contributed by atoms with Crippen LogP contribution in [0.4, 0.5) is 5.69 Å². The first-order valence-electron chi connectivity index (χ1n) is 6.62. The highest BCUT2D eigenvalue weighted by atomic mass is 79.9. The molecule has 0 N–H and O–H groups in total. The fourth-order valence-electron chi connectivity index (χ4n) is 2.75. The van der Waals surface area contributed by atoms with E-state index in [1.165, 1.54) is 13.0 Å². The molecule has 2 rings (SSSR count). The van der Waals surface area contributed by atoms with E-state index in [9.17, 15) is 5.26 Å². The van der Waals surface area contributed by atoms with Crippen LogP contribution in [0.5, 0.6) is 0 Å². The van der Waals surface area contributed by atoms with Crippen molar-refractivity contribution < 1.29 is 0 Å². The van der Waals surface area contributed by atoms with E-state index >= 15 is 0 Å². The Morgan fingerprint density at radius 3 is 2.89 bits per heavy atom. The normalized spacial score (nSPS) is 19.4. The van der Waals surface area contributed by atoms with E-state index in [1.54, 1.807) is 0 Å². The van der Waals surface area contributed by atoms with E-state index in [-0.39, 0.29) is 0 Å². The number of hydrogen-bond donors (Lipinski definition) is 0. The Bertz CT molecular complexity index is 481. The Labute approximate surface area is 123 Å². The number of nitriles is 1. The van der Waals surface area contributed by atoms with Crippen molar-refractivity contribution in [1.82, 2.24) is 4.90 Å². The third-order valence-corrected chi connectivity index (χ3v) is 4.42. The lowest BCUT2D eigenvalue weighted by Gasteiger charge is -2.24. The van der Waals surface area contributed by atoms with Crippen LogP contribution in [0.25, 0.3) is 0 Å². The summed E-state index contributed by atoms with van der Waals surface area (Å²) in [5.41, 5.74) is 2.96. The number of benzene rings is 1. The molecule has 0 bridgehead atoms. The quantitative estimate of drug-likeness (QED) is 0.799. The third-order valence-electron chi connectivity index (χ3n) is 3.77. The Hall–Kier alpha value is -1.05. The minimum atomic E-state index is 0.706. The van der Waals surface area contributed by atoms with Crippen molar-refractivity contribution in [3.8, 4) is 6.07 Å². The second-order valence-corrected chi connectivity index (χ2v) is 5.96. The van der Waals surface area contributed by atoms with E-state index in [1.807, 2.05) is 6.07 Å². The van der Waals surface area contributed by atoms with E-state index in [0.717, 1.165) is 35.2 Å². The third kappa shape index (κ3) is 3.49. The zero-order chi connectivity index (χ0) is 13.8. The van der Waals surface area contributed by atoms with Crippen molar-refractivity contribution in [1.29, 1.82) is 5.26 Å². The van der Waals surface area contributed by atoms with Gasteiger partial charge in [0.25, 0.3) is 0 Å². The summed E-state index contributed by atoms with van der Waals surface area (Å²) >= 11 is 3.43. The predicted molar refractivity (Wildman–Crippen MR) is 82.7 cm³/mol. The first-order valence-corrected chi connectivity index (χ1v) is 7.75. The van der Waals surface area contributed by atoms with Gasteiger partial charge in [0, 0.05) is 25.5 Å². The van der Waals surface area contributed by atoms with Gasteiger partial charge in [0.2, 0.25) is 0 Å². The minimum absolute atomic E-state index is 0.706. The second kappa shape index (κ2) is 6.40. The molecule has 0 aliphatic carbocycles. The van der Waals surface area contributed by atoms with Crippen LogP contribution in [0, 0.1) is 17.2 Å². The van der Waals surface area contributed by atoms with Gasteiger partial charge in [-0.05, 0) is 43.6 Å². The molecule has 4 heteroatoms. The van der Waals surface area contributed by atoms with Gasteiger partial charge in [-0.3, -0.25) is 0 Å². The molecule has 1 aromatic carbocycles. The van der Waals surface area contributed by atoms with Crippen molar-refractivity contribution >= 4 is 21.6 Å². The summed E-state index contributed by atoms with van der Waals surface area (Å²) in [6.45, 7) is 3.37. The maximum absolute atomic E-state index is 9.29. The Balaban J connectivity index is 2.10. The van der Waals surface area contributed by atoms with Crippen LogP contribution < -0.4 is 4.90 Å². The van der Waals surface area contributed by atoms with Gasteiger partial charge in [-0.2, -0.15) is 5.26 Å².